The van der Waals surface area contributed by atoms with Gasteiger partial charge in [0.2, 0.25) is 0 Å². The predicted octanol–water partition coefficient (Wildman–Crippen LogP) is 4.89. The molecule has 0 fully saturated rings. The summed E-state index contributed by atoms with van der Waals surface area (Å²) in [6.07, 6.45) is 1.48. The number of nitrogens with zero attached hydrogens (tertiary/aromatic N) is 2. The van der Waals surface area contributed by atoms with Crippen molar-refractivity contribution in [2.24, 2.45) is 5.10 Å². The number of hydrogen-bond donors (Lipinski definition) is 2. The van der Waals surface area contributed by atoms with Gasteiger partial charge in [-0.05, 0) is 67.1 Å². The van der Waals surface area contributed by atoms with Gasteiger partial charge in [-0.1, -0.05) is 17.7 Å². The van der Waals surface area contributed by atoms with Crippen LogP contribution in [-0.4, -0.2) is 26.2 Å². The highest BCUT2D eigenvalue weighted by Crippen LogP contribution is 2.29. The van der Waals surface area contributed by atoms with Crippen LogP contribution in [0.2, 0.25) is 5.02 Å². The summed E-state index contributed by atoms with van der Waals surface area (Å²) >= 11 is 5.87. The van der Waals surface area contributed by atoms with Gasteiger partial charge < -0.3 is 4.74 Å². The van der Waals surface area contributed by atoms with Crippen molar-refractivity contribution in [3.05, 3.63) is 87.4 Å². The van der Waals surface area contributed by atoms with Gasteiger partial charge in [-0.3, -0.25) is 20.3 Å². The number of sulfonamides is 1. The van der Waals surface area contributed by atoms with Crippen LogP contribution in [0.25, 0.3) is 0 Å². The SMILES string of the molecule is CCOc1ccc(/C=N\Nc2ccc(S(=O)(=O)Nc3cccc(Cl)c3)cc2[N+](=O)[O-])cc1. The molecule has 0 aromatic heterocycles. The molecule has 3 aromatic carbocycles. The number of ether oxygens (including phenoxy) is 1. The summed E-state index contributed by atoms with van der Waals surface area (Å²) < 4.78 is 33.0. The monoisotopic (exact) mass is 474 g/mol. The molecule has 3 rings (SSSR count). The van der Waals surface area contributed by atoms with Crippen LogP contribution in [0.3, 0.4) is 0 Å². The molecule has 11 heteroatoms. The van der Waals surface area contributed by atoms with Gasteiger partial charge in [-0.25, -0.2) is 8.42 Å². The number of nitrogens with one attached hydrogen (secondary N) is 2. The topological polar surface area (TPSA) is 123 Å². The molecule has 0 radical (unpaired) electrons. The van der Waals surface area contributed by atoms with Crippen molar-refractivity contribution in [2.45, 2.75) is 11.8 Å². The molecule has 0 heterocycles. The third-order valence-electron chi connectivity index (χ3n) is 4.14. The molecular formula is C21H19ClN4O5S. The van der Waals surface area contributed by atoms with Crippen molar-refractivity contribution in [2.75, 3.05) is 16.8 Å². The average Bonchev–Trinajstić information content (AvgIpc) is 2.75. The Balaban J connectivity index is 1.79. The summed E-state index contributed by atoms with van der Waals surface area (Å²) in [6.45, 7) is 2.44. The molecule has 2 N–H and O–H groups in total. The lowest BCUT2D eigenvalue weighted by Crippen LogP contribution is -2.13. The Kier molecular flexibility index (Phi) is 7.29. The van der Waals surface area contributed by atoms with Crippen LogP contribution >= 0.6 is 11.6 Å². The summed E-state index contributed by atoms with van der Waals surface area (Å²) in [5.74, 6) is 0.719. The van der Waals surface area contributed by atoms with Crippen LogP contribution in [0.5, 0.6) is 5.75 Å². The number of nitro benzene ring substituents is 1. The molecule has 166 valence electrons. The number of benzene rings is 3. The van der Waals surface area contributed by atoms with Crippen molar-refractivity contribution in [3.8, 4) is 5.75 Å². The van der Waals surface area contributed by atoms with Gasteiger partial charge in [0.25, 0.3) is 15.7 Å². The molecule has 0 unspecified atom stereocenters. The molecule has 3 aromatic rings. The maximum atomic E-state index is 12.6. The number of hydrogen-bond acceptors (Lipinski definition) is 7. The van der Waals surface area contributed by atoms with Crippen molar-refractivity contribution in [1.29, 1.82) is 0 Å². The van der Waals surface area contributed by atoms with Gasteiger partial charge in [-0.2, -0.15) is 5.10 Å². The maximum absolute atomic E-state index is 12.6. The first-order valence-electron chi connectivity index (χ1n) is 9.37. The van der Waals surface area contributed by atoms with Crippen LogP contribution in [0.1, 0.15) is 12.5 Å². The molecule has 0 atom stereocenters. The number of halogens is 1. The first-order chi connectivity index (χ1) is 15.3. The Morgan fingerprint density at radius 2 is 1.88 bits per heavy atom. The zero-order chi connectivity index (χ0) is 23.1. The minimum atomic E-state index is -4.07. The van der Waals surface area contributed by atoms with Gasteiger partial charge in [0.05, 0.1) is 28.3 Å². The Morgan fingerprint density at radius 1 is 1.12 bits per heavy atom. The summed E-state index contributed by atoms with van der Waals surface area (Å²) in [7, 11) is -4.07. The minimum absolute atomic E-state index is 0.0406. The van der Waals surface area contributed by atoms with Gasteiger partial charge in [0, 0.05) is 11.1 Å². The molecule has 0 amide bonds. The van der Waals surface area contributed by atoms with E-state index in [0.717, 1.165) is 17.4 Å². The van der Waals surface area contributed by atoms with E-state index in [9.17, 15) is 18.5 Å². The molecule has 0 aliphatic rings. The Hall–Kier alpha value is -3.63. The van der Waals surface area contributed by atoms with E-state index < -0.39 is 20.6 Å². The van der Waals surface area contributed by atoms with Crippen LogP contribution in [-0.2, 0) is 10.0 Å². The Bertz CT molecular complexity index is 1250. The van der Waals surface area contributed by atoms with E-state index in [1.807, 2.05) is 6.92 Å². The predicted molar refractivity (Wildman–Crippen MR) is 124 cm³/mol. The van der Waals surface area contributed by atoms with Gasteiger partial charge in [0.15, 0.2) is 0 Å². The van der Waals surface area contributed by atoms with E-state index in [-0.39, 0.29) is 16.3 Å². The van der Waals surface area contributed by atoms with E-state index in [1.165, 1.54) is 30.5 Å². The molecule has 0 saturated carbocycles. The first-order valence-corrected chi connectivity index (χ1v) is 11.2. The van der Waals surface area contributed by atoms with Gasteiger partial charge in [0.1, 0.15) is 11.4 Å². The summed E-state index contributed by atoms with van der Waals surface area (Å²) in [5.41, 5.74) is 3.16. The van der Waals surface area contributed by atoms with Crippen molar-refractivity contribution in [3.63, 3.8) is 0 Å². The fraction of sp³-hybridized carbons (Fsp3) is 0.0952. The molecule has 0 bridgehead atoms. The van der Waals surface area contributed by atoms with Crippen LogP contribution in [0.4, 0.5) is 17.1 Å². The lowest BCUT2D eigenvalue weighted by Gasteiger charge is -2.09. The van der Waals surface area contributed by atoms with Crippen molar-refractivity contribution >= 4 is 44.9 Å². The molecule has 0 aliphatic heterocycles. The molecule has 0 spiro atoms. The first kappa shape index (κ1) is 23.0. The van der Waals surface area contributed by atoms with Crippen LogP contribution in [0.15, 0.2) is 76.7 Å². The lowest BCUT2D eigenvalue weighted by atomic mass is 10.2. The second kappa shape index (κ2) is 10.1. The zero-order valence-corrected chi connectivity index (χ0v) is 18.4. The zero-order valence-electron chi connectivity index (χ0n) is 16.9. The average molecular weight is 475 g/mol. The van der Waals surface area contributed by atoms with E-state index in [4.69, 9.17) is 16.3 Å². The van der Waals surface area contributed by atoms with Crippen LogP contribution in [0, 0.1) is 10.1 Å². The third kappa shape index (κ3) is 5.96. The summed E-state index contributed by atoms with van der Waals surface area (Å²) in [4.78, 5) is 10.5. The number of nitro groups is 1. The lowest BCUT2D eigenvalue weighted by molar-refractivity contribution is -0.384. The molecule has 32 heavy (non-hydrogen) atoms. The van der Waals surface area contributed by atoms with E-state index in [1.54, 1.807) is 36.4 Å². The molecule has 0 saturated heterocycles. The smallest absolute Gasteiger partial charge is 0.295 e. The van der Waals surface area contributed by atoms with E-state index in [0.29, 0.717) is 11.6 Å². The van der Waals surface area contributed by atoms with Crippen molar-refractivity contribution < 1.29 is 18.1 Å². The quantitative estimate of drug-likeness (QED) is 0.258. The highest BCUT2D eigenvalue weighted by atomic mass is 35.5. The van der Waals surface area contributed by atoms with E-state index in [2.05, 4.69) is 15.2 Å². The number of rotatable bonds is 9. The second-order valence-corrected chi connectivity index (χ2v) is 8.54. The van der Waals surface area contributed by atoms with Crippen molar-refractivity contribution in [1.82, 2.24) is 0 Å². The Morgan fingerprint density at radius 3 is 2.53 bits per heavy atom. The fourth-order valence-electron chi connectivity index (χ4n) is 2.68. The van der Waals surface area contributed by atoms with Crippen LogP contribution < -0.4 is 14.9 Å². The second-order valence-electron chi connectivity index (χ2n) is 6.42. The fourth-order valence-corrected chi connectivity index (χ4v) is 3.94. The largest absolute Gasteiger partial charge is 0.494 e. The number of hydrazone groups is 1. The molecular weight excluding hydrogens is 456 g/mol. The van der Waals surface area contributed by atoms with Gasteiger partial charge >= 0.3 is 0 Å². The highest BCUT2D eigenvalue weighted by molar-refractivity contribution is 7.92. The highest BCUT2D eigenvalue weighted by Gasteiger charge is 2.21. The molecule has 0 aliphatic carbocycles. The van der Waals surface area contributed by atoms with E-state index >= 15 is 0 Å². The van der Waals surface area contributed by atoms with Gasteiger partial charge in [-0.15, -0.1) is 0 Å². The number of anilines is 2. The Labute approximate surface area is 189 Å². The minimum Gasteiger partial charge on any atom is -0.494 e. The maximum Gasteiger partial charge on any atom is 0.295 e. The summed E-state index contributed by atoms with van der Waals surface area (Å²) in [5, 5.41) is 15.9. The molecule has 9 nitrogen and oxygen atoms in total. The summed E-state index contributed by atoms with van der Waals surface area (Å²) in [6, 6.07) is 16.7. The normalized spacial score (nSPS) is 11.3. The standard InChI is InChI=1S/C21H19ClN4O5S/c1-2-31-18-8-6-15(7-9-18)14-23-24-20-11-10-19(13-21(20)26(27)28)32(29,30)25-17-5-3-4-16(22)12-17/h3-14,24-25H,2H2,1H3/b23-14-. The third-order valence-corrected chi connectivity index (χ3v) is 5.76.